The Hall–Kier alpha value is -3.87. The summed E-state index contributed by atoms with van der Waals surface area (Å²) in [5.41, 5.74) is 3.05. The summed E-state index contributed by atoms with van der Waals surface area (Å²) < 4.78 is 39.8. The molecule has 7 heteroatoms. The fourth-order valence-corrected chi connectivity index (χ4v) is 3.71. The monoisotopic (exact) mass is 450 g/mol. The zero-order chi connectivity index (χ0) is 23.9. The minimum atomic E-state index is -4.60. The third-order valence-corrected chi connectivity index (χ3v) is 5.72. The average molecular weight is 450 g/mol. The van der Waals surface area contributed by atoms with E-state index >= 15 is 0 Å². The molecule has 1 aliphatic rings. The number of amides is 2. The van der Waals surface area contributed by atoms with Gasteiger partial charge in [-0.05, 0) is 61.7 Å². The van der Waals surface area contributed by atoms with Gasteiger partial charge in [-0.15, -0.1) is 0 Å². The van der Waals surface area contributed by atoms with Crippen molar-refractivity contribution >= 4 is 28.8 Å². The predicted molar refractivity (Wildman–Crippen MR) is 122 cm³/mol. The maximum atomic E-state index is 13.4. The molecular formula is C26H21F3N2O2. The maximum absolute atomic E-state index is 13.4. The molecule has 0 unspecified atom stereocenters. The number of alkyl halides is 3. The number of carbonyl (C=O) groups is 2. The van der Waals surface area contributed by atoms with Crippen LogP contribution in [-0.2, 0) is 15.8 Å². The first-order valence-corrected chi connectivity index (χ1v) is 10.3. The summed E-state index contributed by atoms with van der Waals surface area (Å²) in [6.45, 7) is 5.70. The van der Waals surface area contributed by atoms with Crippen molar-refractivity contribution in [1.29, 1.82) is 0 Å². The highest BCUT2D eigenvalue weighted by molar-refractivity contribution is 6.46. The number of imide groups is 1. The van der Waals surface area contributed by atoms with Crippen molar-refractivity contribution in [2.75, 3.05) is 10.2 Å². The van der Waals surface area contributed by atoms with E-state index in [9.17, 15) is 22.8 Å². The van der Waals surface area contributed by atoms with Crippen LogP contribution in [0.1, 0.15) is 27.8 Å². The highest BCUT2D eigenvalue weighted by atomic mass is 19.4. The Morgan fingerprint density at radius 3 is 2.15 bits per heavy atom. The smallest absolute Gasteiger partial charge is 0.350 e. The minimum Gasteiger partial charge on any atom is -0.350 e. The molecule has 168 valence electrons. The molecule has 2 amide bonds. The molecule has 0 radical (unpaired) electrons. The normalized spacial score (nSPS) is 14.3. The van der Waals surface area contributed by atoms with Crippen LogP contribution in [0.3, 0.4) is 0 Å². The van der Waals surface area contributed by atoms with Gasteiger partial charge in [-0.1, -0.05) is 48.0 Å². The highest BCUT2D eigenvalue weighted by Crippen LogP contribution is 2.37. The van der Waals surface area contributed by atoms with E-state index in [1.165, 1.54) is 12.1 Å². The van der Waals surface area contributed by atoms with E-state index in [4.69, 9.17) is 0 Å². The Morgan fingerprint density at radius 2 is 1.48 bits per heavy atom. The van der Waals surface area contributed by atoms with Gasteiger partial charge >= 0.3 is 6.18 Å². The van der Waals surface area contributed by atoms with Crippen LogP contribution < -0.4 is 10.2 Å². The van der Waals surface area contributed by atoms with Gasteiger partial charge in [0.05, 0.1) is 16.8 Å². The maximum Gasteiger partial charge on any atom is 0.416 e. The summed E-state index contributed by atoms with van der Waals surface area (Å²) in [5, 5.41) is 3.08. The van der Waals surface area contributed by atoms with Crippen molar-refractivity contribution < 1.29 is 22.8 Å². The number of hydrogen-bond donors (Lipinski definition) is 1. The molecule has 0 saturated carbocycles. The van der Waals surface area contributed by atoms with E-state index in [-0.39, 0.29) is 17.0 Å². The molecule has 1 aliphatic heterocycles. The van der Waals surface area contributed by atoms with Gasteiger partial charge in [0.25, 0.3) is 11.8 Å². The van der Waals surface area contributed by atoms with Crippen LogP contribution in [0.25, 0.3) is 5.57 Å². The number of carbonyl (C=O) groups excluding carboxylic acids is 2. The third-order valence-electron chi connectivity index (χ3n) is 5.72. The summed E-state index contributed by atoms with van der Waals surface area (Å²) in [6, 6.07) is 16.8. The molecule has 1 heterocycles. The van der Waals surface area contributed by atoms with E-state index in [1.54, 1.807) is 18.2 Å². The molecule has 3 aromatic rings. The van der Waals surface area contributed by atoms with Crippen molar-refractivity contribution in [3.05, 3.63) is 100 Å². The summed E-state index contributed by atoms with van der Waals surface area (Å²) in [4.78, 5) is 27.7. The lowest BCUT2D eigenvalue weighted by Crippen LogP contribution is -2.32. The van der Waals surface area contributed by atoms with Crippen LogP contribution in [0.2, 0.25) is 0 Å². The van der Waals surface area contributed by atoms with Gasteiger partial charge < -0.3 is 5.32 Å². The Balaban J connectivity index is 1.84. The van der Waals surface area contributed by atoms with E-state index < -0.39 is 23.6 Å². The van der Waals surface area contributed by atoms with Crippen molar-refractivity contribution in [3.8, 4) is 0 Å². The first-order valence-electron chi connectivity index (χ1n) is 10.3. The predicted octanol–water partition coefficient (Wildman–Crippen LogP) is 6.03. The number of nitrogens with one attached hydrogen (secondary N) is 1. The van der Waals surface area contributed by atoms with Crippen LogP contribution in [0, 0.1) is 20.8 Å². The molecule has 0 saturated heterocycles. The molecule has 3 aromatic carbocycles. The van der Waals surface area contributed by atoms with E-state index in [0.29, 0.717) is 11.3 Å². The molecule has 4 nitrogen and oxygen atoms in total. The number of nitrogens with zero attached hydrogens (tertiary/aromatic N) is 1. The molecule has 0 atom stereocenters. The second-order valence-electron chi connectivity index (χ2n) is 7.98. The summed E-state index contributed by atoms with van der Waals surface area (Å²) in [5.74, 6) is -1.40. The van der Waals surface area contributed by atoms with E-state index in [1.807, 2.05) is 45.0 Å². The summed E-state index contributed by atoms with van der Waals surface area (Å²) in [7, 11) is 0. The Morgan fingerprint density at radius 1 is 0.818 bits per heavy atom. The van der Waals surface area contributed by atoms with E-state index in [2.05, 4.69) is 5.32 Å². The standard InChI is InChI=1S/C26H21F3N2O2/c1-15-10-12-18(13-11-15)22-23(30-21-9-4-6-16(2)17(21)3)25(33)31(24(22)32)20-8-5-7-19(14-20)26(27,28)29/h4-14,30H,1-3H3. The van der Waals surface area contributed by atoms with Gasteiger partial charge in [-0.3, -0.25) is 9.59 Å². The second-order valence-corrected chi connectivity index (χ2v) is 7.98. The van der Waals surface area contributed by atoms with Crippen LogP contribution in [0.4, 0.5) is 24.5 Å². The number of halogens is 3. The number of hydrogen-bond acceptors (Lipinski definition) is 3. The van der Waals surface area contributed by atoms with E-state index in [0.717, 1.165) is 33.7 Å². The van der Waals surface area contributed by atoms with Crippen molar-refractivity contribution in [2.24, 2.45) is 0 Å². The molecule has 1 N–H and O–H groups in total. The number of benzene rings is 3. The number of anilines is 2. The molecule has 0 spiro atoms. The SMILES string of the molecule is Cc1ccc(C2=C(Nc3cccc(C)c3C)C(=O)N(c3cccc(C(F)(F)F)c3)C2=O)cc1. The number of rotatable bonds is 4. The zero-order valence-corrected chi connectivity index (χ0v) is 18.2. The van der Waals surface area contributed by atoms with Crippen molar-refractivity contribution in [2.45, 2.75) is 26.9 Å². The van der Waals surface area contributed by atoms with Gasteiger partial charge in [0, 0.05) is 5.69 Å². The first-order chi connectivity index (χ1) is 15.6. The Bertz CT molecular complexity index is 1290. The van der Waals surface area contributed by atoms with Crippen LogP contribution >= 0.6 is 0 Å². The average Bonchev–Trinajstić information content (AvgIpc) is 3.01. The summed E-state index contributed by atoms with van der Waals surface area (Å²) >= 11 is 0. The van der Waals surface area contributed by atoms with Gasteiger partial charge in [0.15, 0.2) is 0 Å². The minimum absolute atomic E-state index is 0.0231. The van der Waals surface area contributed by atoms with Crippen LogP contribution in [0.15, 0.2) is 72.4 Å². The lowest BCUT2D eigenvalue weighted by molar-refractivity contribution is -0.137. The topological polar surface area (TPSA) is 49.4 Å². The lowest BCUT2D eigenvalue weighted by atomic mass is 10.0. The van der Waals surface area contributed by atoms with Crippen LogP contribution in [0.5, 0.6) is 0 Å². The Kier molecular flexibility index (Phi) is 5.57. The van der Waals surface area contributed by atoms with Crippen molar-refractivity contribution in [3.63, 3.8) is 0 Å². The van der Waals surface area contributed by atoms with Crippen LogP contribution in [-0.4, -0.2) is 11.8 Å². The molecule has 0 fully saturated rings. The summed E-state index contributed by atoms with van der Waals surface area (Å²) in [6.07, 6.45) is -4.60. The largest absolute Gasteiger partial charge is 0.416 e. The molecule has 4 rings (SSSR count). The molecule has 0 aliphatic carbocycles. The van der Waals surface area contributed by atoms with Gasteiger partial charge in [0.1, 0.15) is 5.70 Å². The van der Waals surface area contributed by atoms with Gasteiger partial charge in [0.2, 0.25) is 0 Å². The highest BCUT2D eigenvalue weighted by Gasteiger charge is 2.41. The fourth-order valence-electron chi connectivity index (χ4n) is 3.71. The lowest BCUT2D eigenvalue weighted by Gasteiger charge is -2.17. The quantitative estimate of drug-likeness (QED) is 0.494. The molecule has 0 aromatic heterocycles. The molecular weight excluding hydrogens is 429 g/mol. The number of aryl methyl sites for hydroxylation is 2. The fraction of sp³-hybridized carbons (Fsp3) is 0.154. The van der Waals surface area contributed by atoms with Crippen molar-refractivity contribution in [1.82, 2.24) is 0 Å². The second kappa shape index (κ2) is 8.24. The molecule has 0 bridgehead atoms. The van der Waals surface area contributed by atoms with Gasteiger partial charge in [-0.2, -0.15) is 13.2 Å². The molecule has 33 heavy (non-hydrogen) atoms. The zero-order valence-electron chi connectivity index (χ0n) is 18.2. The first kappa shape index (κ1) is 22.3. The third kappa shape index (κ3) is 4.14. The Labute approximate surface area is 189 Å². The van der Waals surface area contributed by atoms with Gasteiger partial charge in [-0.25, -0.2) is 4.90 Å².